The number of nitrogens with zero attached hydrogens (tertiary/aromatic N) is 4. The van der Waals surface area contributed by atoms with Crippen molar-refractivity contribution in [3.8, 4) is 0 Å². The van der Waals surface area contributed by atoms with Crippen molar-refractivity contribution in [2.75, 3.05) is 44.7 Å². The predicted octanol–water partition coefficient (Wildman–Crippen LogP) is 0.935. The normalized spacial score (nSPS) is 14.4. The average Bonchev–Trinajstić information content (AvgIpc) is 2.82. The predicted molar refractivity (Wildman–Crippen MR) is 132 cm³/mol. The van der Waals surface area contributed by atoms with E-state index in [4.69, 9.17) is 17.4 Å². The molecular weight excluding hydrogens is 460 g/mol. The fourth-order valence-corrected chi connectivity index (χ4v) is 4.42. The van der Waals surface area contributed by atoms with Crippen LogP contribution in [0, 0.1) is 10.4 Å². The molecule has 1 aromatic heterocycles. The zero-order chi connectivity index (χ0) is 24.4. The van der Waals surface area contributed by atoms with Crippen LogP contribution in [-0.2, 0) is 6.54 Å². The van der Waals surface area contributed by atoms with Crippen molar-refractivity contribution >= 4 is 39.8 Å². The average molecular weight is 486 g/mol. The maximum Gasteiger partial charge on any atom is 0.315 e. The molecule has 1 fully saturated rings. The zero-order valence-electron chi connectivity index (χ0n) is 18.7. The second kappa shape index (κ2) is 10.1. The van der Waals surface area contributed by atoms with E-state index >= 15 is 0 Å². The summed E-state index contributed by atoms with van der Waals surface area (Å²) in [5.41, 5.74) is 0.475. The van der Waals surface area contributed by atoms with Gasteiger partial charge < -0.3 is 30.0 Å². The maximum absolute atomic E-state index is 13.3. The first-order valence-electron chi connectivity index (χ1n) is 10.9. The second-order valence-electron chi connectivity index (χ2n) is 8.25. The number of rotatable bonds is 6. The Bertz CT molecular complexity index is 1240. The lowest BCUT2D eigenvalue weighted by molar-refractivity contribution is -0.715. The van der Waals surface area contributed by atoms with E-state index < -0.39 is 10.8 Å². The highest BCUT2D eigenvalue weighted by Gasteiger charge is 2.28. The number of piperazine rings is 1. The molecule has 0 saturated carbocycles. The van der Waals surface area contributed by atoms with Crippen molar-refractivity contribution in [2.24, 2.45) is 5.84 Å². The highest BCUT2D eigenvalue weighted by Crippen LogP contribution is 2.31. The van der Waals surface area contributed by atoms with E-state index in [1.807, 2.05) is 4.90 Å². The number of hydrogen-bond donors (Lipinski definition) is 2. The number of hydrazine groups is 1. The number of halogens is 1. The van der Waals surface area contributed by atoms with E-state index in [-0.39, 0.29) is 18.1 Å². The molecule has 0 unspecified atom stereocenters. The summed E-state index contributed by atoms with van der Waals surface area (Å²) in [5.74, 6) is 5.59. The summed E-state index contributed by atoms with van der Waals surface area (Å²) in [7, 11) is 1.67. The Balaban J connectivity index is 1.67. The number of likely N-dealkylation sites (N-methyl/N-ethyl adjacent to an activating group) is 1. The molecule has 180 valence electrons. The van der Waals surface area contributed by atoms with Crippen LogP contribution >= 0.6 is 11.6 Å². The molecule has 3 aromatic rings. The number of para-hydroxylation sites is 1. The molecule has 4 rings (SSSR count). The number of nitrogens with one attached hydrogen (secondary N) is 1. The summed E-state index contributed by atoms with van der Waals surface area (Å²) in [6.45, 7) is 2.10. The van der Waals surface area contributed by atoms with E-state index in [0.29, 0.717) is 59.9 Å². The molecule has 0 atom stereocenters. The van der Waals surface area contributed by atoms with Gasteiger partial charge in [-0.15, -0.1) is 0 Å². The lowest BCUT2D eigenvalue weighted by atomic mass is 10.1. The number of fused-ring (bicyclic) bond motifs is 1. The van der Waals surface area contributed by atoms with Crippen molar-refractivity contribution in [2.45, 2.75) is 6.54 Å². The summed E-state index contributed by atoms with van der Waals surface area (Å²) in [6.07, 6.45) is 0. The molecule has 1 amide bonds. The third kappa shape index (κ3) is 4.78. The third-order valence-electron chi connectivity index (χ3n) is 6.00. The molecule has 2 aromatic carbocycles. The zero-order valence-corrected chi connectivity index (χ0v) is 19.5. The van der Waals surface area contributed by atoms with Gasteiger partial charge in [0, 0.05) is 62.3 Å². The van der Waals surface area contributed by atoms with Crippen LogP contribution in [0.2, 0.25) is 5.02 Å². The summed E-state index contributed by atoms with van der Waals surface area (Å²) in [4.78, 5) is 29.7. The minimum atomic E-state index is -1.53. The number of carbonyl (C=O) groups excluding carboxylic acids is 1. The summed E-state index contributed by atoms with van der Waals surface area (Å²) >= 11 is 5.92. The molecule has 11 heteroatoms. The minimum Gasteiger partial charge on any atom is -0.627 e. The highest BCUT2D eigenvalue weighted by molar-refractivity contribution is 6.30. The highest BCUT2D eigenvalue weighted by atomic mass is 35.5. The maximum atomic E-state index is 13.3. The molecule has 2 heterocycles. The van der Waals surface area contributed by atoms with Crippen LogP contribution in [0.15, 0.2) is 53.3 Å². The number of carbonyl (C=O) groups is 1. The topological polar surface area (TPSA) is 125 Å². The molecule has 34 heavy (non-hydrogen) atoms. The van der Waals surface area contributed by atoms with Gasteiger partial charge in [-0.3, -0.25) is 15.4 Å². The quantitative estimate of drug-likeness (QED) is 0.393. The van der Waals surface area contributed by atoms with E-state index in [9.17, 15) is 20.0 Å². The van der Waals surface area contributed by atoms with E-state index in [1.54, 1.807) is 60.5 Å². The van der Waals surface area contributed by atoms with Crippen molar-refractivity contribution in [3.05, 3.63) is 79.9 Å². The Kier molecular flexibility index (Phi) is 7.17. The number of benzene rings is 2. The summed E-state index contributed by atoms with van der Waals surface area (Å²) in [6, 6.07) is 13.9. The van der Waals surface area contributed by atoms with Crippen LogP contribution in [0.1, 0.15) is 10.4 Å². The van der Waals surface area contributed by atoms with Crippen LogP contribution in [-0.4, -0.2) is 60.2 Å². The molecule has 0 aliphatic carbocycles. The van der Waals surface area contributed by atoms with E-state index in [2.05, 4.69) is 0 Å². The lowest BCUT2D eigenvalue weighted by Crippen LogP contribution is -2.97. The number of amides is 1. The first kappa shape index (κ1) is 24.1. The second-order valence-corrected chi connectivity index (χ2v) is 8.69. The van der Waals surface area contributed by atoms with Gasteiger partial charge in [0.25, 0.3) is 5.91 Å². The molecule has 10 nitrogen and oxygen atoms in total. The van der Waals surface area contributed by atoms with Crippen LogP contribution in [0.5, 0.6) is 0 Å². The van der Waals surface area contributed by atoms with Crippen LogP contribution in [0.25, 0.3) is 10.9 Å². The molecule has 1 aliphatic rings. The monoisotopic (exact) mass is 485 g/mol. The molecule has 3 N–H and O–H groups in total. The first-order valence-corrected chi connectivity index (χ1v) is 11.3. The SMILES string of the molecule is CN(N)CCn1c(=O)c([NH+]([O-])[O-])c(N2CCN(C(=O)c3ccc(Cl)cc3)CC2)c2ccccc21. The number of hydrogen-bond acceptors (Lipinski definition) is 7. The van der Waals surface area contributed by atoms with Gasteiger partial charge in [0.2, 0.25) is 5.69 Å². The molecule has 1 aliphatic heterocycles. The van der Waals surface area contributed by atoms with Crippen molar-refractivity contribution in [1.29, 1.82) is 0 Å². The Morgan fingerprint density at radius 3 is 2.35 bits per heavy atom. The summed E-state index contributed by atoms with van der Waals surface area (Å²) in [5, 5.41) is 25.4. The van der Waals surface area contributed by atoms with Crippen LogP contribution in [0.4, 0.5) is 11.4 Å². The Labute approximate surface area is 201 Å². The molecular formula is C23H26ClN6O4-. The van der Waals surface area contributed by atoms with Gasteiger partial charge in [-0.1, -0.05) is 29.8 Å². The largest absolute Gasteiger partial charge is 0.627 e. The minimum absolute atomic E-state index is 0.123. The van der Waals surface area contributed by atoms with E-state index in [0.717, 1.165) is 0 Å². The van der Waals surface area contributed by atoms with Crippen LogP contribution < -0.4 is 21.5 Å². The molecule has 0 radical (unpaired) electrons. The van der Waals surface area contributed by atoms with Gasteiger partial charge in [0.05, 0.1) is 5.52 Å². The number of quaternary nitrogens is 1. The number of pyridine rings is 1. The molecule has 0 bridgehead atoms. The lowest BCUT2D eigenvalue weighted by Gasteiger charge is -2.39. The molecule has 0 spiro atoms. The summed E-state index contributed by atoms with van der Waals surface area (Å²) < 4.78 is 1.42. The number of nitrogens with two attached hydrogens (primary N) is 1. The van der Waals surface area contributed by atoms with Gasteiger partial charge in [-0.2, -0.15) is 0 Å². The van der Waals surface area contributed by atoms with Gasteiger partial charge in [0.1, 0.15) is 5.69 Å². The van der Waals surface area contributed by atoms with Gasteiger partial charge >= 0.3 is 5.56 Å². The molecule has 1 saturated heterocycles. The number of aromatic nitrogens is 1. The van der Waals surface area contributed by atoms with Crippen molar-refractivity contribution in [3.63, 3.8) is 0 Å². The number of anilines is 1. The van der Waals surface area contributed by atoms with Gasteiger partial charge in [-0.05, 0) is 30.3 Å². The smallest absolute Gasteiger partial charge is 0.315 e. The van der Waals surface area contributed by atoms with Crippen molar-refractivity contribution in [1.82, 2.24) is 14.5 Å². The Morgan fingerprint density at radius 1 is 1.09 bits per heavy atom. The first-order chi connectivity index (χ1) is 16.3. The van der Waals surface area contributed by atoms with Crippen LogP contribution in [0.3, 0.4) is 0 Å². The fourth-order valence-electron chi connectivity index (χ4n) is 4.29. The van der Waals surface area contributed by atoms with Crippen molar-refractivity contribution < 1.29 is 10.0 Å². The Hall–Kier alpha value is -2.99. The van der Waals surface area contributed by atoms with Gasteiger partial charge in [-0.25, -0.2) is 5.01 Å². The van der Waals surface area contributed by atoms with Gasteiger partial charge in [0.15, 0.2) is 0 Å². The fraction of sp³-hybridized carbons (Fsp3) is 0.304. The third-order valence-corrected chi connectivity index (χ3v) is 6.25. The standard InChI is InChI=1S/C23H26ClN6O4/c1-26(25)10-15-29-19-5-3-2-4-18(19)20(21(23(29)32)30(33)34)27-11-13-28(14-12-27)22(31)16-6-8-17(24)9-7-16/h2-9,30H,10-15,25H2,1H3/q-1. The van der Waals surface area contributed by atoms with E-state index in [1.165, 1.54) is 9.58 Å². The Morgan fingerprint density at radius 2 is 1.74 bits per heavy atom.